The van der Waals surface area contributed by atoms with E-state index in [0.717, 1.165) is 31.4 Å². The van der Waals surface area contributed by atoms with Gasteiger partial charge in [0.25, 0.3) is 5.91 Å². The maximum absolute atomic E-state index is 14.1. The number of carbonyl (C=O) groups excluding carboxylic acids is 1. The van der Waals surface area contributed by atoms with Crippen LogP contribution in [0.4, 0.5) is 0 Å². The summed E-state index contributed by atoms with van der Waals surface area (Å²) in [4.78, 5) is 32.5. The van der Waals surface area contributed by atoms with Gasteiger partial charge in [-0.05, 0) is 63.5 Å². The van der Waals surface area contributed by atoms with Crippen LogP contribution in [-0.4, -0.2) is 58.8 Å². The molecule has 0 saturated carbocycles. The van der Waals surface area contributed by atoms with Gasteiger partial charge in [-0.2, -0.15) is 0 Å². The van der Waals surface area contributed by atoms with Gasteiger partial charge in [0, 0.05) is 37.9 Å². The molecule has 4 atom stereocenters. The van der Waals surface area contributed by atoms with Gasteiger partial charge in [0.15, 0.2) is 11.5 Å². The minimum atomic E-state index is -0.211. The predicted molar refractivity (Wildman–Crippen MR) is 133 cm³/mol. The van der Waals surface area contributed by atoms with Gasteiger partial charge in [0.2, 0.25) is 12.2 Å². The molecular weight excluding hydrogens is 442 g/mol. The van der Waals surface area contributed by atoms with Crippen molar-refractivity contribution in [1.29, 1.82) is 0 Å². The topological polar surface area (TPSA) is 64.0 Å². The monoisotopic (exact) mass is 475 g/mol. The number of fused-ring (bicyclic) bond motifs is 8. The van der Waals surface area contributed by atoms with Crippen molar-refractivity contribution < 1.29 is 14.3 Å². The molecule has 5 heterocycles. The average Bonchev–Trinajstić information content (AvgIpc) is 3.35. The summed E-state index contributed by atoms with van der Waals surface area (Å²) < 4.78 is 13.1. The quantitative estimate of drug-likeness (QED) is 0.619. The van der Waals surface area contributed by atoms with Crippen molar-refractivity contribution in [3.8, 4) is 11.5 Å². The fraction of sp³-hybridized carbons (Fsp3) is 0.571. The molecule has 7 nitrogen and oxygen atoms in total. The van der Waals surface area contributed by atoms with Gasteiger partial charge in [0.1, 0.15) is 5.56 Å². The number of likely N-dealkylation sites (tertiary alicyclic amines) is 1. The van der Waals surface area contributed by atoms with Crippen molar-refractivity contribution in [2.75, 3.05) is 26.4 Å². The second-order valence-corrected chi connectivity index (χ2v) is 10.9. The van der Waals surface area contributed by atoms with E-state index >= 15 is 0 Å². The molecule has 2 bridgehead atoms. The van der Waals surface area contributed by atoms with Crippen LogP contribution >= 0.6 is 0 Å². The van der Waals surface area contributed by atoms with E-state index in [2.05, 4.69) is 11.0 Å². The van der Waals surface area contributed by atoms with E-state index in [1.54, 1.807) is 12.3 Å². The molecule has 1 aromatic carbocycles. The van der Waals surface area contributed by atoms with E-state index in [1.807, 2.05) is 22.5 Å². The second-order valence-electron chi connectivity index (χ2n) is 10.9. The summed E-state index contributed by atoms with van der Waals surface area (Å²) in [5, 5.41) is 0.521. The van der Waals surface area contributed by atoms with Gasteiger partial charge in [-0.15, -0.1) is 0 Å². The number of amides is 1. The summed E-state index contributed by atoms with van der Waals surface area (Å²) in [5.41, 5.74) is 2.28. The Morgan fingerprint density at radius 3 is 2.83 bits per heavy atom. The van der Waals surface area contributed by atoms with Crippen LogP contribution in [0.2, 0.25) is 0 Å². The van der Waals surface area contributed by atoms with Crippen LogP contribution in [-0.2, 0) is 6.54 Å². The highest BCUT2D eigenvalue weighted by Gasteiger charge is 2.47. The number of hydrogen-bond donors (Lipinski definition) is 0. The summed E-state index contributed by atoms with van der Waals surface area (Å²) in [7, 11) is 0. The Balaban J connectivity index is 1.28. The molecule has 1 aromatic heterocycles. The minimum Gasteiger partial charge on any atom is -0.454 e. The number of aryl methyl sites for hydroxylation is 1. The number of pyridine rings is 1. The molecule has 35 heavy (non-hydrogen) atoms. The number of ether oxygens (including phenoxy) is 2. The lowest BCUT2D eigenvalue weighted by molar-refractivity contribution is 0.00142. The van der Waals surface area contributed by atoms with Gasteiger partial charge >= 0.3 is 0 Å². The Bertz CT molecular complexity index is 1300. The first-order valence-corrected chi connectivity index (χ1v) is 13.3. The molecule has 0 spiro atoms. The number of benzene rings is 1. The zero-order valence-electron chi connectivity index (χ0n) is 20.4. The van der Waals surface area contributed by atoms with E-state index < -0.39 is 0 Å². The molecule has 0 radical (unpaired) electrons. The summed E-state index contributed by atoms with van der Waals surface area (Å²) in [6.45, 7) is 5.82. The van der Waals surface area contributed by atoms with E-state index in [-0.39, 0.29) is 29.7 Å². The Morgan fingerprint density at radius 2 is 1.97 bits per heavy atom. The first kappa shape index (κ1) is 21.5. The molecule has 184 valence electrons. The molecule has 0 N–H and O–H groups in total. The number of rotatable bonds is 2. The van der Waals surface area contributed by atoms with Crippen LogP contribution in [0.1, 0.15) is 55.8 Å². The lowest BCUT2D eigenvalue weighted by atomic mass is 9.68. The summed E-state index contributed by atoms with van der Waals surface area (Å²) in [5.74, 6) is 2.18. The molecule has 7 heteroatoms. The van der Waals surface area contributed by atoms with Crippen LogP contribution in [0.25, 0.3) is 10.9 Å². The van der Waals surface area contributed by atoms with Crippen molar-refractivity contribution in [2.24, 2.45) is 11.8 Å². The zero-order chi connectivity index (χ0) is 23.7. The van der Waals surface area contributed by atoms with E-state index in [4.69, 9.17) is 9.47 Å². The highest BCUT2D eigenvalue weighted by atomic mass is 16.7. The lowest BCUT2D eigenvalue weighted by Gasteiger charge is -2.54. The fourth-order valence-electron chi connectivity index (χ4n) is 7.55. The molecule has 2 aromatic rings. The third-order valence-electron chi connectivity index (χ3n) is 9.06. The molecule has 3 saturated heterocycles. The van der Waals surface area contributed by atoms with E-state index in [9.17, 15) is 9.59 Å². The summed E-state index contributed by atoms with van der Waals surface area (Å²) in [6, 6.07) is 4.41. The standard InChI is InChI=1S/C28H33N3O4/c1-2-29-15-21(27(32)20-12-24-25(13-23(20)29)35-16-34-24)28(33)31-9-5-6-17-10-18-11-19(26(17)31)14-30-8-4-3-7-22(18)30/h10,12-13,15,18-19,22,26H,2-9,11,14,16H2,1H3/t18-,19?,22?,26?/m0/s1. The van der Waals surface area contributed by atoms with Gasteiger partial charge < -0.3 is 18.9 Å². The lowest BCUT2D eigenvalue weighted by Crippen LogP contribution is -2.60. The molecule has 5 aliphatic rings. The van der Waals surface area contributed by atoms with E-state index in [1.165, 1.54) is 37.8 Å². The van der Waals surface area contributed by atoms with Crippen LogP contribution in [0.3, 0.4) is 0 Å². The third kappa shape index (κ3) is 3.27. The van der Waals surface area contributed by atoms with Gasteiger partial charge in [-0.1, -0.05) is 18.1 Å². The third-order valence-corrected chi connectivity index (χ3v) is 9.06. The molecule has 1 aliphatic carbocycles. The fourth-order valence-corrected chi connectivity index (χ4v) is 7.55. The van der Waals surface area contributed by atoms with Gasteiger partial charge in [-0.25, -0.2) is 0 Å². The average molecular weight is 476 g/mol. The smallest absolute Gasteiger partial charge is 0.259 e. The Morgan fingerprint density at radius 1 is 1.11 bits per heavy atom. The van der Waals surface area contributed by atoms with Gasteiger partial charge in [-0.3, -0.25) is 14.5 Å². The maximum Gasteiger partial charge on any atom is 0.259 e. The molecule has 4 aliphatic heterocycles. The minimum absolute atomic E-state index is 0.119. The summed E-state index contributed by atoms with van der Waals surface area (Å²) in [6.07, 6.45) is 11.4. The maximum atomic E-state index is 14.1. The number of aromatic nitrogens is 1. The zero-order valence-corrected chi connectivity index (χ0v) is 20.4. The Labute approximate surface area is 205 Å². The van der Waals surface area contributed by atoms with Crippen molar-refractivity contribution >= 4 is 16.8 Å². The van der Waals surface area contributed by atoms with Crippen molar-refractivity contribution in [1.82, 2.24) is 14.4 Å². The highest BCUT2D eigenvalue weighted by molar-refractivity contribution is 5.98. The largest absolute Gasteiger partial charge is 0.454 e. The number of hydrogen-bond acceptors (Lipinski definition) is 5. The number of nitrogens with zero attached hydrogens (tertiary/aromatic N) is 3. The van der Waals surface area contributed by atoms with Crippen LogP contribution in [0.15, 0.2) is 34.8 Å². The van der Waals surface area contributed by atoms with Crippen LogP contribution in [0, 0.1) is 11.8 Å². The normalized spacial score (nSPS) is 29.5. The highest BCUT2D eigenvalue weighted by Crippen LogP contribution is 2.45. The summed E-state index contributed by atoms with van der Waals surface area (Å²) >= 11 is 0. The van der Waals surface area contributed by atoms with Crippen molar-refractivity contribution in [3.63, 3.8) is 0 Å². The van der Waals surface area contributed by atoms with E-state index in [0.29, 0.717) is 41.3 Å². The van der Waals surface area contributed by atoms with Crippen LogP contribution < -0.4 is 14.9 Å². The molecule has 3 unspecified atom stereocenters. The molecular formula is C28H33N3O4. The predicted octanol–water partition coefficient (Wildman–Crippen LogP) is 3.79. The SMILES string of the molecule is CCn1cc(C(=O)N2CCCC3=C[C@H]4CC(CN5CCCCC45)C32)c(=O)c2cc3c(cc21)OCO3. The van der Waals surface area contributed by atoms with Crippen LogP contribution in [0.5, 0.6) is 11.5 Å². The number of carbonyl (C=O) groups is 1. The second kappa shape index (κ2) is 8.12. The number of piperidine rings is 3. The first-order chi connectivity index (χ1) is 17.1. The molecule has 7 rings (SSSR count). The Kier molecular flexibility index (Phi) is 4.98. The first-order valence-electron chi connectivity index (χ1n) is 13.3. The Hall–Kier alpha value is -2.80. The molecule has 1 amide bonds. The van der Waals surface area contributed by atoms with Gasteiger partial charge in [0.05, 0.1) is 16.9 Å². The van der Waals surface area contributed by atoms with Crippen molar-refractivity contribution in [2.45, 2.75) is 64.1 Å². The molecule has 3 fully saturated rings. The van der Waals surface area contributed by atoms with Crippen molar-refractivity contribution in [3.05, 3.63) is 45.8 Å².